The summed E-state index contributed by atoms with van der Waals surface area (Å²) in [6.45, 7) is 0. The standard InChI is InChI=1S/C15H14F3N5O/c16-15(17,18)8-1-3-10(4-2-8)22-14-20-7-11(12(19)24)13(23-14)21-9-5-6-9/h1-4,7,9H,5-6H2,(H2,19,24)(H2,20,21,22,23). The second-order valence-corrected chi connectivity index (χ2v) is 5.44. The molecule has 0 saturated heterocycles. The third kappa shape index (κ3) is 3.73. The van der Waals surface area contributed by atoms with E-state index in [2.05, 4.69) is 20.6 Å². The van der Waals surface area contributed by atoms with E-state index in [4.69, 9.17) is 5.73 Å². The Hall–Kier alpha value is -2.84. The van der Waals surface area contributed by atoms with Crippen LogP contribution < -0.4 is 16.4 Å². The van der Waals surface area contributed by atoms with Gasteiger partial charge in [0.2, 0.25) is 5.95 Å². The third-order valence-corrected chi connectivity index (χ3v) is 3.44. The molecule has 1 aliphatic carbocycles. The average Bonchev–Trinajstić information content (AvgIpc) is 3.31. The summed E-state index contributed by atoms with van der Waals surface area (Å²) in [7, 11) is 0. The van der Waals surface area contributed by atoms with Gasteiger partial charge in [0.05, 0.1) is 11.1 Å². The van der Waals surface area contributed by atoms with Crippen molar-refractivity contribution in [2.24, 2.45) is 5.73 Å². The van der Waals surface area contributed by atoms with Crippen LogP contribution in [0.4, 0.5) is 30.6 Å². The Bertz CT molecular complexity index is 757. The van der Waals surface area contributed by atoms with E-state index in [1.54, 1.807) is 0 Å². The van der Waals surface area contributed by atoms with Gasteiger partial charge in [0.1, 0.15) is 5.82 Å². The van der Waals surface area contributed by atoms with Crippen molar-refractivity contribution in [2.45, 2.75) is 25.1 Å². The molecule has 0 spiro atoms. The van der Waals surface area contributed by atoms with Gasteiger partial charge >= 0.3 is 6.18 Å². The topological polar surface area (TPSA) is 92.9 Å². The molecule has 1 aromatic carbocycles. The van der Waals surface area contributed by atoms with E-state index in [0.717, 1.165) is 25.0 Å². The lowest BCUT2D eigenvalue weighted by atomic mass is 10.2. The minimum Gasteiger partial charge on any atom is -0.367 e. The summed E-state index contributed by atoms with van der Waals surface area (Å²) in [5.74, 6) is -0.184. The fourth-order valence-electron chi connectivity index (χ4n) is 2.03. The van der Waals surface area contributed by atoms with Crippen molar-refractivity contribution in [1.29, 1.82) is 0 Å². The first-order valence-electron chi connectivity index (χ1n) is 7.20. The van der Waals surface area contributed by atoms with E-state index in [1.165, 1.54) is 18.3 Å². The Morgan fingerprint density at radius 2 is 1.88 bits per heavy atom. The van der Waals surface area contributed by atoms with Crippen LogP contribution in [0.1, 0.15) is 28.8 Å². The Kier molecular flexibility index (Phi) is 4.00. The minimum absolute atomic E-state index is 0.155. The van der Waals surface area contributed by atoms with E-state index in [-0.39, 0.29) is 17.6 Å². The van der Waals surface area contributed by atoms with Crippen LogP contribution in [-0.4, -0.2) is 21.9 Å². The highest BCUT2D eigenvalue weighted by Gasteiger charge is 2.30. The zero-order valence-corrected chi connectivity index (χ0v) is 12.4. The number of primary amides is 1. The molecule has 1 fully saturated rings. The maximum Gasteiger partial charge on any atom is 0.416 e. The summed E-state index contributed by atoms with van der Waals surface area (Å²) in [6.07, 6.45) is -1.15. The van der Waals surface area contributed by atoms with Crippen LogP contribution in [0.3, 0.4) is 0 Å². The molecular weight excluding hydrogens is 323 g/mol. The fourth-order valence-corrected chi connectivity index (χ4v) is 2.03. The van der Waals surface area contributed by atoms with Crippen LogP contribution in [0.2, 0.25) is 0 Å². The highest BCUT2D eigenvalue weighted by atomic mass is 19.4. The number of anilines is 3. The molecule has 1 heterocycles. The number of nitrogens with one attached hydrogen (secondary N) is 2. The van der Waals surface area contributed by atoms with Crippen molar-refractivity contribution in [3.05, 3.63) is 41.6 Å². The summed E-state index contributed by atoms with van der Waals surface area (Å²) in [5, 5.41) is 5.88. The van der Waals surface area contributed by atoms with E-state index in [0.29, 0.717) is 11.5 Å². The first-order valence-corrected chi connectivity index (χ1v) is 7.20. The van der Waals surface area contributed by atoms with Crippen LogP contribution in [0.5, 0.6) is 0 Å². The maximum absolute atomic E-state index is 12.5. The molecule has 1 aliphatic rings. The van der Waals surface area contributed by atoms with Crippen LogP contribution in [-0.2, 0) is 6.18 Å². The summed E-state index contributed by atoms with van der Waals surface area (Å²) < 4.78 is 37.6. The van der Waals surface area contributed by atoms with Gasteiger partial charge in [-0.1, -0.05) is 0 Å². The zero-order valence-electron chi connectivity index (χ0n) is 12.4. The molecule has 4 N–H and O–H groups in total. The van der Waals surface area contributed by atoms with Gasteiger partial charge in [-0.25, -0.2) is 4.98 Å². The molecule has 0 radical (unpaired) electrons. The molecule has 0 bridgehead atoms. The second-order valence-electron chi connectivity index (χ2n) is 5.44. The summed E-state index contributed by atoms with van der Waals surface area (Å²) >= 11 is 0. The molecule has 126 valence electrons. The Morgan fingerprint density at radius 1 is 1.21 bits per heavy atom. The lowest BCUT2D eigenvalue weighted by Gasteiger charge is -2.11. The van der Waals surface area contributed by atoms with Gasteiger partial charge in [0, 0.05) is 17.9 Å². The van der Waals surface area contributed by atoms with Crippen molar-refractivity contribution in [3.63, 3.8) is 0 Å². The molecule has 1 amide bonds. The van der Waals surface area contributed by atoms with Gasteiger partial charge in [0.15, 0.2) is 0 Å². The molecule has 2 aromatic rings. The van der Waals surface area contributed by atoms with Crippen molar-refractivity contribution in [2.75, 3.05) is 10.6 Å². The number of hydrogen-bond acceptors (Lipinski definition) is 5. The Balaban J connectivity index is 1.80. The van der Waals surface area contributed by atoms with Crippen molar-refractivity contribution >= 4 is 23.4 Å². The van der Waals surface area contributed by atoms with Crippen molar-refractivity contribution in [3.8, 4) is 0 Å². The van der Waals surface area contributed by atoms with Gasteiger partial charge in [-0.05, 0) is 37.1 Å². The minimum atomic E-state index is -4.39. The number of rotatable bonds is 5. The summed E-state index contributed by atoms with van der Waals surface area (Å²) in [4.78, 5) is 19.6. The fraction of sp³-hybridized carbons (Fsp3) is 0.267. The number of nitrogens with two attached hydrogens (primary N) is 1. The molecule has 1 saturated carbocycles. The molecule has 0 atom stereocenters. The predicted molar refractivity (Wildman–Crippen MR) is 81.9 cm³/mol. The molecule has 3 rings (SSSR count). The van der Waals surface area contributed by atoms with Gasteiger partial charge in [0.25, 0.3) is 5.91 Å². The van der Waals surface area contributed by atoms with E-state index in [1.807, 2.05) is 0 Å². The number of hydrogen-bond donors (Lipinski definition) is 3. The molecule has 9 heteroatoms. The largest absolute Gasteiger partial charge is 0.416 e. The smallest absolute Gasteiger partial charge is 0.367 e. The number of carbonyl (C=O) groups excluding carboxylic acids is 1. The van der Waals surface area contributed by atoms with Gasteiger partial charge in [-0.15, -0.1) is 0 Å². The van der Waals surface area contributed by atoms with Gasteiger partial charge < -0.3 is 16.4 Å². The lowest BCUT2D eigenvalue weighted by molar-refractivity contribution is -0.137. The van der Waals surface area contributed by atoms with Crippen molar-refractivity contribution in [1.82, 2.24) is 9.97 Å². The normalized spacial score (nSPS) is 14.3. The van der Waals surface area contributed by atoms with Crippen LogP contribution in [0, 0.1) is 0 Å². The highest BCUT2D eigenvalue weighted by molar-refractivity contribution is 5.97. The zero-order chi connectivity index (χ0) is 17.3. The average molecular weight is 337 g/mol. The quantitative estimate of drug-likeness (QED) is 0.780. The van der Waals surface area contributed by atoms with Gasteiger partial charge in [-0.2, -0.15) is 18.2 Å². The highest BCUT2D eigenvalue weighted by Crippen LogP contribution is 2.30. The van der Waals surface area contributed by atoms with Gasteiger partial charge in [-0.3, -0.25) is 4.79 Å². The number of amides is 1. The van der Waals surface area contributed by atoms with E-state index in [9.17, 15) is 18.0 Å². The molecule has 24 heavy (non-hydrogen) atoms. The first-order chi connectivity index (χ1) is 11.3. The first kappa shape index (κ1) is 16.0. The lowest BCUT2D eigenvalue weighted by Crippen LogP contribution is -2.17. The monoisotopic (exact) mass is 337 g/mol. The third-order valence-electron chi connectivity index (χ3n) is 3.44. The number of aromatic nitrogens is 2. The molecule has 0 aliphatic heterocycles. The Morgan fingerprint density at radius 3 is 2.42 bits per heavy atom. The molecule has 6 nitrogen and oxygen atoms in total. The Labute approximate surface area is 135 Å². The summed E-state index contributed by atoms with van der Waals surface area (Å²) in [5.41, 5.74) is 5.11. The predicted octanol–water partition coefficient (Wildman–Crippen LogP) is 2.91. The molecule has 1 aromatic heterocycles. The number of carbonyl (C=O) groups is 1. The SMILES string of the molecule is NC(=O)c1cnc(Nc2ccc(C(F)(F)F)cc2)nc1NC1CC1. The molecular formula is C15H14F3N5O. The van der Waals surface area contributed by atoms with Crippen molar-refractivity contribution < 1.29 is 18.0 Å². The van der Waals surface area contributed by atoms with Crippen LogP contribution >= 0.6 is 0 Å². The maximum atomic E-state index is 12.5. The number of halogens is 3. The molecule has 0 unspecified atom stereocenters. The number of nitrogens with zero attached hydrogens (tertiary/aromatic N) is 2. The number of alkyl halides is 3. The number of benzene rings is 1. The second kappa shape index (κ2) is 5.99. The van der Waals surface area contributed by atoms with E-state index >= 15 is 0 Å². The van der Waals surface area contributed by atoms with Crippen LogP contribution in [0.15, 0.2) is 30.5 Å². The van der Waals surface area contributed by atoms with E-state index < -0.39 is 17.6 Å². The summed E-state index contributed by atoms with van der Waals surface area (Å²) in [6, 6.07) is 4.73. The van der Waals surface area contributed by atoms with Crippen LogP contribution in [0.25, 0.3) is 0 Å².